The number of nitrogens with one attached hydrogen (secondary N) is 1. The predicted molar refractivity (Wildman–Crippen MR) is 78.8 cm³/mol. The van der Waals surface area contributed by atoms with Crippen molar-refractivity contribution in [2.45, 2.75) is 26.7 Å². The summed E-state index contributed by atoms with van der Waals surface area (Å²) >= 11 is 0. The summed E-state index contributed by atoms with van der Waals surface area (Å²) in [7, 11) is 3.62. The third-order valence-electron chi connectivity index (χ3n) is 3.70. The van der Waals surface area contributed by atoms with Crippen LogP contribution in [0.4, 0.5) is 0 Å². The van der Waals surface area contributed by atoms with Crippen molar-refractivity contribution in [2.24, 2.45) is 16.3 Å². The number of rotatable bonds is 10. The number of carbonyl (C=O) groups is 1. The van der Waals surface area contributed by atoms with E-state index in [1.807, 2.05) is 20.9 Å². The fraction of sp³-hybridized carbons (Fsp3) is 0.846. The summed E-state index contributed by atoms with van der Waals surface area (Å²) in [5.41, 5.74) is 4.75. The van der Waals surface area contributed by atoms with Crippen molar-refractivity contribution in [3.63, 3.8) is 0 Å². The molecule has 0 rings (SSSR count). The van der Waals surface area contributed by atoms with Gasteiger partial charge in [-0.15, -0.1) is 0 Å². The second-order valence-electron chi connectivity index (χ2n) is 4.83. The van der Waals surface area contributed by atoms with Gasteiger partial charge in [-0.3, -0.25) is 4.79 Å². The summed E-state index contributed by atoms with van der Waals surface area (Å²) in [6.45, 7) is 6.40. The molecule has 0 aromatic heterocycles. The number of likely N-dealkylation sites (N-methyl/N-ethyl adjacent to an activating group) is 1. The fourth-order valence-corrected chi connectivity index (χ4v) is 2.03. The highest BCUT2D eigenvalue weighted by Gasteiger charge is 2.39. The van der Waals surface area contributed by atoms with Crippen molar-refractivity contribution < 1.29 is 14.7 Å². The Morgan fingerprint density at radius 3 is 2.45 bits per heavy atom. The maximum absolute atomic E-state index is 12.3. The van der Waals surface area contributed by atoms with E-state index in [2.05, 4.69) is 15.4 Å². The molecule has 4 N–H and O–H groups in total. The first-order valence-electron chi connectivity index (χ1n) is 6.92. The molecule has 7 heteroatoms. The van der Waals surface area contributed by atoms with Gasteiger partial charge in [-0.25, -0.2) is 0 Å². The number of methoxy groups -OCH3 is 1. The minimum Gasteiger partial charge on any atom is -0.409 e. The summed E-state index contributed by atoms with van der Waals surface area (Å²) in [5, 5.41) is 14.7. The molecule has 0 fully saturated rings. The molecule has 0 aliphatic rings. The maximum atomic E-state index is 12.3. The first-order chi connectivity index (χ1) is 9.48. The van der Waals surface area contributed by atoms with E-state index in [1.54, 1.807) is 7.11 Å². The van der Waals surface area contributed by atoms with Gasteiger partial charge < -0.3 is 25.9 Å². The molecule has 0 unspecified atom stereocenters. The molecule has 0 bridgehead atoms. The van der Waals surface area contributed by atoms with E-state index in [4.69, 9.17) is 15.7 Å². The van der Waals surface area contributed by atoms with Crippen molar-refractivity contribution in [3.8, 4) is 0 Å². The maximum Gasteiger partial charge on any atom is 0.233 e. The monoisotopic (exact) mass is 288 g/mol. The third-order valence-corrected chi connectivity index (χ3v) is 3.70. The van der Waals surface area contributed by atoms with E-state index in [0.717, 1.165) is 13.1 Å². The number of amidine groups is 1. The quantitative estimate of drug-likeness (QED) is 0.231. The molecule has 7 nitrogen and oxygen atoms in total. The van der Waals surface area contributed by atoms with E-state index >= 15 is 0 Å². The Labute approximate surface area is 121 Å². The van der Waals surface area contributed by atoms with Crippen LogP contribution in [0.15, 0.2) is 5.16 Å². The van der Waals surface area contributed by atoms with Crippen LogP contribution in [0.1, 0.15) is 26.7 Å². The number of oxime groups is 1. The molecule has 20 heavy (non-hydrogen) atoms. The summed E-state index contributed by atoms with van der Waals surface area (Å²) in [4.78, 5) is 14.4. The molecule has 0 saturated carbocycles. The SMILES string of the molecule is CCC(CC)(C(=O)NCCN(C)CCOC)C(N)=NO. The number of carbonyl (C=O) groups excluding carboxylic acids is 1. The topological polar surface area (TPSA) is 100 Å². The highest BCUT2D eigenvalue weighted by atomic mass is 16.5. The number of hydrogen-bond donors (Lipinski definition) is 3. The number of ether oxygens (including phenoxy) is 1. The summed E-state index contributed by atoms with van der Waals surface area (Å²) in [5.74, 6) is -0.231. The minimum atomic E-state index is -0.931. The molecular formula is C13H28N4O3. The van der Waals surface area contributed by atoms with E-state index < -0.39 is 5.41 Å². The number of hydrogen-bond acceptors (Lipinski definition) is 5. The third kappa shape index (κ3) is 4.97. The molecule has 0 atom stereocenters. The van der Waals surface area contributed by atoms with Gasteiger partial charge >= 0.3 is 0 Å². The van der Waals surface area contributed by atoms with Crippen LogP contribution in [0, 0.1) is 5.41 Å². The molecule has 0 aliphatic carbocycles. The smallest absolute Gasteiger partial charge is 0.233 e. The van der Waals surface area contributed by atoms with Crippen molar-refractivity contribution >= 4 is 11.7 Å². The fourth-order valence-electron chi connectivity index (χ4n) is 2.03. The Morgan fingerprint density at radius 2 is 2.00 bits per heavy atom. The molecule has 118 valence electrons. The van der Waals surface area contributed by atoms with Crippen molar-refractivity contribution in [1.82, 2.24) is 10.2 Å². The Bertz CT molecular complexity index is 317. The first kappa shape index (κ1) is 18.7. The van der Waals surface area contributed by atoms with Gasteiger partial charge in [0.25, 0.3) is 0 Å². The Balaban J connectivity index is 4.43. The van der Waals surface area contributed by atoms with Crippen molar-refractivity contribution in [1.29, 1.82) is 0 Å². The molecule has 0 spiro atoms. The van der Waals surface area contributed by atoms with Gasteiger partial charge in [0.15, 0.2) is 5.84 Å². The lowest BCUT2D eigenvalue weighted by atomic mass is 9.80. The van der Waals surface area contributed by atoms with Crippen LogP contribution < -0.4 is 11.1 Å². The van der Waals surface area contributed by atoms with Crippen molar-refractivity contribution in [2.75, 3.05) is 40.4 Å². The average Bonchev–Trinajstić information content (AvgIpc) is 2.46. The Morgan fingerprint density at radius 1 is 1.40 bits per heavy atom. The largest absolute Gasteiger partial charge is 0.409 e. The standard InChI is InChI=1S/C13H28N4O3/c1-5-13(6-2,11(14)16-19)12(18)15-7-8-17(3)9-10-20-4/h19H,5-10H2,1-4H3,(H2,14,16)(H,15,18). The highest BCUT2D eigenvalue weighted by molar-refractivity contribution is 6.06. The first-order valence-corrected chi connectivity index (χ1v) is 6.92. The molecule has 0 heterocycles. The van der Waals surface area contributed by atoms with Crippen LogP contribution >= 0.6 is 0 Å². The van der Waals surface area contributed by atoms with Crippen LogP contribution in [0.2, 0.25) is 0 Å². The van der Waals surface area contributed by atoms with Crippen LogP contribution in [0.25, 0.3) is 0 Å². The van der Waals surface area contributed by atoms with E-state index in [0.29, 0.717) is 26.0 Å². The number of nitrogens with zero attached hydrogens (tertiary/aromatic N) is 2. The summed E-state index contributed by atoms with van der Waals surface area (Å²) < 4.78 is 4.99. The predicted octanol–water partition coefficient (Wildman–Crippen LogP) is 0.234. The second-order valence-corrected chi connectivity index (χ2v) is 4.83. The van der Waals surface area contributed by atoms with E-state index in [9.17, 15) is 4.79 Å². The zero-order chi connectivity index (χ0) is 15.6. The molecule has 0 aromatic carbocycles. The minimum absolute atomic E-state index is 0.0345. The van der Waals surface area contributed by atoms with Crippen LogP contribution in [0.3, 0.4) is 0 Å². The van der Waals surface area contributed by atoms with Gasteiger partial charge in [0.1, 0.15) is 5.41 Å². The zero-order valence-corrected chi connectivity index (χ0v) is 13.0. The second kappa shape index (κ2) is 9.55. The lowest BCUT2D eigenvalue weighted by Gasteiger charge is -2.29. The van der Waals surface area contributed by atoms with Gasteiger partial charge in [0.2, 0.25) is 5.91 Å². The van der Waals surface area contributed by atoms with E-state index in [1.165, 1.54) is 0 Å². The van der Waals surface area contributed by atoms with Crippen molar-refractivity contribution in [3.05, 3.63) is 0 Å². The van der Waals surface area contributed by atoms with Gasteiger partial charge in [-0.05, 0) is 19.9 Å². The highest BCUT2D eigenvalue weighted by Crippen LogP contribution is 2.26. The van der Waals surface area contributed by atoms with E-state index in [-0.39, 0.29) is 11.7 Å². The Hall–Kier alpha value is -1.34. The lowest BCUT2D eigenvalue weighted by Crippen LogP contribution is -2.50. The van der Waals surface area contributed by atoms with Gasteiger partial charge in [-0.1, -0.05) is 19.0 Å². The van der Waals surface area contributed by atoms with Crippen LogP contribution in [-0.2, 0) is 9.53 Å². The zero-order valence-electron chi connectivity index (χ0n) is 13.0. The molecule has 0 saturated heterocycles. The van der Waals surface area contributed by atoms with Gasteiger partial charge in [0.05, 0.1) is 6.61 Å². The molecule has 0 aliphatic heterocycles. The van der Waals surface area contributed by atoms with Crippen LogP contribution in [-0.4, -0.2) is 62.2 Å². The van der Waals surface area contributed by atoms with Gasteiger partial charge in [-0.2, -0.15) is 0 Å². The van der Waals surface area contributed by atoms with Crippen LogP contribution in [0.5, 0.6) is 0 Å². The number of nitrogens with two attached hydrogens (primary N) is 1. The molecule has 0 aromatic rings. The number of amides is 1. The summed E-state index contributed by atoms with van der Waals surface area (Å²) in [6, 6.07) is 0. The summed E-state index contributed by atoms with van der Waals surface area (Å²) in [6.07, 6.45) is 0.982. The molecular weight excluding hydrogens is 260 g/mol. The van der Waals surface area contributed by atoms with Gasteiger partial charge in [0, 0.05) is 26.7 Å². The normalized spacial score (nSPS) is 12.8. The molecule has 0 radical (unpaired) electrons. The molecule has 1 amide bonds. The Kier molecular flexibility index (Phi) is 8.91. The lowest BCUT2D eigenvalue weighted by molar-refractivity contribution is -0.128. The average molecular weight is 288 g/mol.